The standard InChI is InChI=1S/C34H33ClFN3O3/c1-2-3-4-5-22-41-29-18-20-31(21-19-29)42-30-16-14-28(15-17-30)37-34(40)39-23-32(24-8-12-27(36)13-9-24)33(38-39)25-6-10-26(35)11-7-25/h6-21,32H,2-5,22-23H2,1H3,(H,37,40). The van der Waals surface area contributed by atoms with Crippen molar-refractivity contribution in [3.63, 3.8) is 0 Å². The molecule has 5 rings (SSSR count). The molecule has 8 heteroatoms. The van der Waals surface area contributed by atoms with Gasteiger partial charge in [0.15, 0.2) is 0 Å². The first-order chi connectivity index (χ1) is 20.5. The zero-order valence-corrected chi connectivity index (χ0v) is 24.2. The molecule has 4 aromatic rings. The number of carbonyl (C=O) groups is 1. The van der Waals surface area contributed by atoms with Gasteiger partial charge in [-0.25, -0.2) is 14.2 Å². The zero-order valence-electron chi connectivity index (χ0n) is 23.4. The predicted molar refractivity (Wildman–Crippen MR) is 165 cm³/mol. The van der Waals surface area contributed by atoms with Crippen LogP contribution >= 0.6 is 11.6 Å². The van der Waals surface area contributed by atoms with Crippen molar-refractivity contribution < 1.29 is 18.7 Å². The topological polar surface area (TPSA) is 63.2 Å². The average Bonchev–Trinajstić information content (AvgIpc) is 3.45. The average molecular weight is 586 g/mol. The molecule has 1 unspecified atom stereocenters. The number of benzene rings is 4. The SMILES string of the molecule is CCCCCCOc1ccc(Oc2ccc(NC(=O)N3CC(c4ccc(F)cc4)C(c4ccc(Cl)cc4)=N3)cc2)cc1. The van der Waals surface area contributed by atoms with E-state index in [4.69, 9.17) is 21.1 Å². The van der Waals surface area contributed by atoms with Gasteiger partial charge in [0.25, 0.3) is 0 Å². The number of urea groups is 1. The number of halogens is 2. The third-order valence-electron chi connectivity index (χ3n) is 6.99. The van der Waals surface area contributed by atoms with E-state index >= 15 is 0 Å². The summed E-state index contributed by atoms with van der Waals surface area (Å²) in [4.78, 5) is 13.2. The van der Waals surface area contributed by atoms with Crippen LogP contribution in [0.15, 0.2) is 102 Å². The molecule has 0 aromatic heterocycles. The Labute approximate surface area is 250 Å². The van der Waals surface area contributed by atoms with Gasteiger partial charge >= 0.3 is 6.03 Å². The van der Waals surface area contributed by atoms with Gasteiger partial charge in [-0.2, -0.15) is 5.10 Å². The van der Waals surface area contributed by atoms with Crippen LogP contribution in [-0.4, -0.2) is 29.9 Å². The van der Waals surface area contributed by atoms with Crippen molar-refractivity contribution in [2.24, 2.45) is 5.10 Å². The first-order valence-corrected chi connectivity index (χ1v) is 14.6. The largest absolute Gasteiger partial charge is 0.494 e. The molecular weight excluding hydrogens is 553 g/mol. The first kappa shape index (κ1) is 29.1. The summed E-state index contributed by atoms with van der Waals surface area (Å²) in [6.07, 6.45) is 4.67. The molecule has 0 saturated heterocycles. The summed E-state index contributed by atoms with van der Waals surface area (Å²) >= 11 is 6.08. The molecule has 1 aliphatic heterocycles. The van der Waals surface area contributed by atoms with Crippen LogP contribution in [0.5, 0.6) is 17.2 Å². The van der Waals surface area contributed by atoms with E-state index in [-0.39, 0.29) is 17.8 Å². The number of hydrogen-bond acceptors (Lipinski definition) is 4. The Morgan fingerprint density at radius 2 is 1.52 bits per heavy atom. The predicted octanol–water partition coefficient (Wildman–Crippen LogP) is 9.27. The lowest BCUT2D eigenvalue weighted by Crippen LogP contribution is -2.30. The Balaban J connectivity index is 1.20. The van der Waals surface area contributed by atoms with Crippen molar-refractivity contribution in [2.75, 3.05) is 18.5 Å². The van der Waals surface area contributed by atoms with Crippen LogP contribution in [0.4, 0.5) is 14.9 Å². The van der Waals surface area contributed by atoms with Gasteiger partial charge in [-0.1, -0.05) is 62.1 Å². The maximum atomic E-state index is 13.6. The summed E-state index contributed by atoms with van der Waals surface area (Å²) in [5.41, 5.74) is 3.03. The van der Waals surface area contributed by atoms with Gasteiger partial charge in [0.05, 0.1) is 18.9 Å². The third-order valence-corrected chi connectivity index (χ3v) is 7.24. The molecule has 0 saturated carbocycles. The summed E-state index contributed by atoms with van der Waals surface area (Å²) in [6, 6.07) is 27.9. The fourth-order valence-electron chi connectivity index (χ4n) is 4.72. The van der Waals surface area contributed by atoms with E-state index in [0.717, 1.165) is 23.3 Å². The van der Waals surface area contributed by atoms with Crippen molar-refractivity contribution >= 4 is 29.0 Å². The molecule has 1 heterocycles. The van der Waals surface area contributed by atoms with Gasteiger partial charge in [-0.15, -0.1) is 0 Å². The van der Waals surface area contributed by atoms with Gasteiger partial charge in [-0.05, 0) is 90.3 Å². The number of carbonyl (C=O) groups excluding carboxylic acids is 1. The van der Waals surface area contributed by atoms with Crippen molar-refractivity contribution in [1.82, 2.24) is 5.01 Å². The zero-order chi connectivity index (χ0) is 29.3. The fraction of sp³-hybridized carbons (Fsp3) is 0.235. The van der Waals surface area contributed by atoms with Gasteiger partial charge in [0.1, 0.15) is 23.1 Å². The van der Waals surface area contributed by atoms with E-state index < -0.39 is 0 Å². The fourth-order valence-corrected chi connectivity index (χ4v) is 4.85. The van der Waals surface area contributed by atoms with Crippen molar-refractivity contribution in [3.8, 4) is 17.2 Å². The van der Waals surface area contributed by atoms with Crippen LogP contribution in [0.1, 0.15) is 49.7 Å². The minimum atomic E-state index is -0.370. The molecule has 42 heavy (non-hydrogen) atoms. The van der Waals surface area contributed by atoms with E-state index in [1.165, 1.54) is 36.4 Å². The number of nitrogens with zero attached hydrogens (tertiary/aromatic N) is 2. The number of amides is 2. The Bertz CT molecular complexity index is 1490. The minimum absolute atomic E-state index is 0.217. The molecule has 0 radical (unpaired) electrons. The quantitative estimate of drug-likeness (QED) is 0.178. The Kier molecular flexibility index (Phi) is 9.72. The molecule has 216 valence electrons. The van der Waals surface area contributed by atoms with Crippen LogP contribution in [-0.2, 0) is 0 Å². The van der Waals surface area contributed by atoms with Crippen LogP contribution in [0.3, 0.4) is 0 Å². The molecule has 0 bridgehead atoms. The lowest BCUT2D eigenvalue weighted by Gasteiger charge is -2.16. The first-order valence-electron chi connectivity index (χ1n) is 14.2. The van der Waals surface area contributed by atoms with Crippen LogP contribution in [0, 0.1) is 5.82 Å². The number of unbranched alkanes of at least 4 members (excludes halogenated alkanes) is 3. The number of anilines is 1. The van der Waals surface area contributed by atoms with Crippen molar-refractivity contribution in [3.05, 3.63) is 119 Å². The minimum Gasteiger partial charge on any atom is -0.494 e. The van der Waals surface area contributed by atoms with Gasteiger partial charge in [0, 0.05) is 16.6 Å². The second-order valence-corrected chi connectivity index (χ2v) is 10.6. The van der Waals surface area contributed by atoms with E-state index in [0.29, 0.717) is 41.1 Å². The van der Waals surface area contributed by atoms with Crippen molar-refractivity contribution in [2.45, 2.75) is 38.5 Å². The number of hydrogen-bond donors (Lipinski definition) is 1. The number of nitrogens with one attached hydrogen (secondary N) is 1. The van der Waals surface area contributed by atoms with Crippen LogP contribution in [0.25, 0.3) is 0 Å². The highest BCUT2D eigenvalue weighted by Crippen LogP contribution is 2.31. The highest BCUT2D eigenvalue weighted by molar-refractivity contribution is 6.30. The molecule has 1 N–H and O–H groups in total. The second kappa shape index (κ2) is 14.0. The summed E-state index contributed by atoms with van der Waals surface area (Å²) in [5.74, 6) is 1.62. The molecule has 1 aliphatic rings. The molecule has 0 fully saturated rings. The van der Waals surface area contributed by atoms with E-state index in [2.05, 4.69) is 17.3 Å². The molecule has 0 spiro atoms. The third kappa shape index (κ3) is 7.68. The number of hydrazone groups is 1. The lowest BCUT2D eigenvalue weighted by molar-refractivity contribution is 0.218. The monoisotopic (exact) mass is 585 g/mol. The van der Waals surface area contributed by atoms with Gasteiger partial charge in [-0.3, -0.25) is 0 Å². The van der Waals surface area contributed by atoms with Gasteiger partial charge < -0.3 is 14.8 Å². The Morgan fingerprint density at radius 1 is 0.881 bits per heavy atom. The summed E-state index contributed by atoms with van der Waals surface area (Å²) in [7, 11) is 0. The van der Waals surface area contributed by atoms with E-state index in [1.807, 2.05) is 36.4 Å². The molecule has 0 aliphatic carbocycles. The highest BCUT2D eigenvalue weighted by Gasteiger charge is 2.32. The Hall–Kier alpha value is -4.36. The normalized spacial score (nSPS) is 14.4. The molecule has 4 aromatic carbocycles. The Morgan fingerprint density at radius 3 is 2.19 bits per heavy atom. The summed E-state index contributed by atoms with van der Waals surface area (Å²) in [6.45, 7) is 3.22. The summed E-state index contributed by atoms with van der Waals surface area (Å²) in [5, 5.41) is 9.55. The van der Waals surface area contributed by atoms with E-state index in [9.17, 15) is 9.18 Å². The molecule has 2 amide bonds. The molecule has 6 nitrogen and oxygen atoms in total. The molecule has 1 atom stereocenters. The van der Waals surface area contributed by atoms with Crippen molar-refractivity contribution in [1.29, 1.82) is 0 Å². The number of rotatable bonds is 11. The lowest BCUT2D eigenvalue weighted by atomic mass is 9.90. The van der Waals surface area contributed by atoms with Crippen LogP contribution < -0.4 is 14.8 Å². The van der Waals surface area contributed by atoms with Gasteiger partial charge in [0.2, 0.25) is 0 Å². The highest BCUT2D eigenvalue weighted by atomic mass is 35.5. The smallest absolute Gasteiger partial charge is 0.342 e. The maximum absolute atomic E-state index is 13.6. The number of ether oxygens (including phenoxy) is 2. The van der Waals surface area contributed by atoms with Crippen LogP contribution in [0.2, 0.25) is 5.02 Å². The molecular formula is C34H33ClFN3O3. The maximum Gasteiger partial charge on any atom is 0.342 e. The second-order valence-electron chi connectivity index (χ2n) is 10.1. The van der Waals surface area contributed by atoms with E-state index in [1.54, 1.807) is 48.5 Å². The summed E-state index contributed by atoms with van der Waals surface area (Å²) < 4.78 is 25.3.